The lowest BCUT2D eigenvalue weighted by molar-refractivity contribution is -0.139. The largest absolute Gasteiger partial charge is 0.490 e. The molecule has 0 radical (unpaired) electrons. The maximum Gasteiger partial charge on any atom is 0.329 e. The molecule has 3 N–H and O–H groups in total. The molecule has 176 valence electrons. The summed E-state index contributed by atoms with van der Waals surface area (Å²) in [4.78, 5) is 35.5. The molecule has 3 amide bonds. The molecule has 0 unspecified atom stereocenters. The first-order valence-electron chi connectivity index (χ1n) is 9.98. The van der Waals surface area contributed by atoms with Crippen molar-refractivity contribution in [2.24, 2.45) is 5.10 Å². The highest BCUT2D eigenvalue weighted by Crippen LogP contribution is 2.36. The Morgan fingerprint density at radius 3 is 2.55 bits per heavy atom. The highest BCUT2D eigenvalue weighted by atomic mass is 35.5. The van der Waals surface area contributed by atoms with Crippen LogP contribution in [0, 0.1) is 0 Å². The van der Waals surface area contributed by atoms with Crippen molar-refractivity contribution in [3.63, 3.8) is 0 Å². The summed E-state index contributed by atoms with van der Waals surface area (Å²) in [7, 11) is 1.48. The molecule has 0 aliphatic carbocycles. The number of amides is 3. The zero-order valence-electron chi connectivity index (χ0n) is 18.2. The second-order valence-electron chi connectivity index (χ2n) is 6.41. The van der Waals surface area contributed by atoms with Crippen LogP contribution >= 0.6 is 11.6 Å². The lowest BCUT2D eigenvalue weighted by Gasteiger charge is -2.14. The van der Waals surface area contributed by atoms with E-state index < -0.39 is 11.8 Å². The topological polar surface area (TPSA) is 127 Å². The second-order valence-corrected chi connectivity index (χ2v) is 6.82. The van der Waals surface area contributed by atoms with Crippen LogP contribution in [0.15, 0.2) is 47.6 Å². The van der Waals surface area contributed by atoms with Gasteiger partial charge in [0.25, 0.3) is 5.91 Å². The van der Waals surface area contributed by atoms with Crippen molar-refractivity contribution in [1.29, 1.82) is 0 Å². The predicted molar refractivity (Wildman–Crippen MR) is 124 cm³/mol. The van der Waals surface area contributed by atoms with Crippen LogP contribution in [0.2, 0.25) is 5.02 Å². The fourth-order valence-corrected chi connectivity index (χ4v) is 2.76. The zero-order valence-corrected chi connectivity index (χ0v) is 19.0. The van der Waals surface area contributed by atoms with Crippen LogP contribution in [0.1, 0.15) is 12.5 Å². The van der Waals surface area contributed by atoms with Crippen molar-refractivity contribution in [1.82, 2.24) is 10.7 Å². The highest BCUT2D eigenvalue weighted by Gasteiger charge is 2.15. The quantitative estimate of drug-likeness (QED) is 0.197. The summed E-state index contributed by atoms with van der Waals surface area (Å²) in [5.41, 5.74) is 3.23. The lowest BCUT2D eigenvalue weighted by atomic mass is 10.2. The molecule has 0 spiro atoms. The Labute approximate surface area is 196 Å². The molecule has 0 aliphatic heterocycles. The van der Waals surface area contributed by atoms with E-state index >= 15 is 0 Å². The third-order valence-electron chi connectivity index (χ3n) is 3.91. The number of hydrogen-bond donors (Lipinski definition) is 3. The number of para-hydroxylation sites is 1. The molecule has 33 heavy (non-hydrogen) atoms. The van der Waals surface area contributed by atoms with Gasteiger partial charge in [0, 0.05) is 19.3 Å². The zero-order chi connectivity index (χ0) is 24.1. The maximum absolute atomic E-state index is 12.2. The van der Waals surface area contributed by atoms with Gasteiger partial charge in [-0.1, -0.05) is 29.8 Å². The molecule has 2 aromatic carbocycles. The summed E-state index contributed by atoms with van der Waals surface area (Å²) in [5.74, 6) is -1.64. The summed E-state index contributed by atoms with van der Waals surface area (Å²) < 4.78 is 15.9. The van der Waals surface area contributed by atoms with Gasteiger partial charge < -0.3 is 24.8 Å². The number of carbonyl (C=O) groups excluding carboxylic acids is 3. The van der Waals surface area contributed by atoms with Crippen LogP contribution in [0.3, 0.4) is 0 Å². The number of hydrazone groups is 1. The summed E-state index contributed by atoms with van der Waals surface area (Å²) >= 11 is 6.32. The fourth-order valence-electron chi connectivity index (χ4n) is 2.48. The summed E-state index contributed by atoms with van der Waals surface area (Å²) in [5, 5.41) is 9.01. The van der Waals surface area contributed by atoms with Gasteiger partial charge in [0.15, 0.2) is 18.1 Å². The number of nitrogens with one attached hydrogen (secondary N) is 3. The number of benzene rings is 2. The monoisotopic (exact) mass is 476 g/mol. The molecule has 2 rings (SSSR count). The number of methoxy groups -OCH3 is 1. The molecule has 10 nitrogen and oxygen atoms in total. The smallest absolute Gasteiger partial charge is 0.329 e. The second kappa shape index (κ2) is 13.7. The van der Waals surface area contributed by atoms with E-state index in [0.717, 1.165) is 0 Å². The molecule has 2 aromatic rings. The van der Waals surface area contributed by atoms with E-state index in [1.165, 1.54) is 19.4 Å². The van der Waals surface area contributed by atoms with E-state index in [0.29, 0.717) is 23.6 Å². The number of halogens is 1. The van der Waals surface area contributed by atoms with Gasteiger partial charge in [-0.15, -0.1) is 0 Å². The molecule has 0 aromatic heterocycles. The Bertz CT molecular complexity index is 984. The van der Waals surface area contributed by atoms with Crippen molar-refractivity contribution in [3.8, 4) is 11.5 Å². The summed E-state index contributed by atoms with van der Waals surface area (Å²) in [6.07, 6.45) is 1.29. The van der Waals surface area contributed by atoms with Crippen LogP contribution in [-0.4, -0.2) is 57.4 Å². The van der Waals surface area contributed by atoms with Crippen LogP contribution in [0.4, 0.5) is 5.69 Å². The van der Waals surface area contributed by atoms with Gasteiger partial charge in [0.05, 0.1) is 24.5 Å². The number of hydrogen-bond acceptors (Lipinski definition) is 7. The standard InChI is InChI=1S/C22H25ClN4O6/c1-3-32-18-12-15(13-25-27-22(30)21(29)24-9-10-31-2)11-17(23)20(18)33-14-19(28)26-16-7-5-4-6-8-16/h4-8,11-13H,3,9-10,14H2,1-2H3,(H,24,29)(H,26,28)(H,27,30)/b25-13-. The van der Waals surface area contributed by atoms with E-state index in [9.17, 15) is 14.4 Å². The third-order valence-corrected chi connectivity index (χ3v) is 4.20. The van der Waals surface area contributed by atoms with E-state index in [1.54, 1.807) is 37.3 Å². The van der Waals surface area contributed by atoms with Gasteiger partial charge in [-0.25, -0.2) is 5.43 Å². The van der Waals surface area contributed by atoms with Gasteiger partial charge >= 0.3 is 11.8 Å². The minimum Gasteiger partial charge on any atom is -0.490 e. The Balaban J connectivity index is 2.00. The maximum atomic E-state index is 12.2. The van der Waals surface area contributed by atoms with Crippen LogP contribution in [0.25, 0.3) is 0 Å². The normalized spacial score (nSPS) is 10.5. The van der Waals surface area contributed by atoms with E-state index in [1.807, 2.05) is 6.07 Å². The minimum atomic E-state index is -0.928. The molecule has 0 aliphatic rings. The number of carbonyl (C=O) groups is 3. The van der Waals surface area contributed by atoms with E-state index in [4.69, 9.17) is 25.8 Å². The van der Waals surface area contributed by atoms with Gasteiger partial charge in [-0.2, -0.15) is 5.10 Å². The predicted octanol–water partition coefficient (Wildman–Crippen LogP) is 1.97. The first-order chi connectivity index (χ1) is 15.9. The van der Waals surface area contributed by atoms with Gasteiger partial charge in [-0.05, 0) is 36.8 Å². The highest BCUT2D eigenvalue weighted by molar-refractivity contribution is 6.35. The molecule has 0 atom stereocenters. The molecule has 0 saturated heterocycles. The summed E-state index contributed by atoms with van der Waals surface area (Å²) in [6.45, 7) is 2.30. The average molecular weight is 477 g/mol. The number of rotatable bonds is 11. The van der Waals surface area contributed by atoms with Crippen LogP contribution in [-0.2, 0) is 19.1 Å². The molecule has 0 bridgehead atoms. The number of anilines is 1. The van der Waals surface area contributed by atoms with Crippen molar-refractivity contribution in [2.75, 3.05) is 38.8 Å². The first kappa shape index (κ1) is 25.6. The van der Waals surface area contributed by atoms with E-state index in [2.05, 4.69) is 21.2 Å². The average Bonchev–Trinajstić information content (AvgIpc) is 2.79. The number of ether oxygens (including phenoxy) is 3. The van der Waals surface area contributed by atoms with E-state index in [-0.39, 0.29) is 36.4 Å². The Hall–Kier alpha value is -3.63. The lowest BCUT2D eigenvalue weighted by Crippen LogP contribution is -2.39. The van der Waals surface area contributed by atoms with Crippen LogP contribution < -0.4 is 25.5 Å². The molecular formula is C22H25ClN4O6. The van der Waals surface area contributed by atoms with Crippen molar-refractivity contribution in [2.45, 2.75) is 6.92 Å². The summed E-state index contributed by atoms with van der Waals surface area (Å²) in [6, 6.07) is 12.1. The van der Waals surface area contributed by atoms with Crippen LogP contribution in [0.5, 0.6) is 11.5 Å². The molecular weight excluding hydrogens is 452 g/mol. The molecule has 0 heterocycles. The third kappa shape index (κ3) is 8.79. The fraction of sp³-hybridized carbons (Fsp3) is 0.273. The number of nitrogens with zero attached hydrogens (tertiary/aromatic N) is 1. The molecule has 11 heteroatoms. The Morgan fingerprint density at radius 1 is 1.09 bits per heavy atom. The van der Waals surface area contributed by atoms with Crippen molar-refractivity contribution < 1.29 is 28.6 Å². The Morgan fingerprint density at radius 2 is 1.85 bits per heavy atom. The Kier molecular flexibility index (Phi) is 10.6. The van der Waals surface area contributed by atoms with Crippen molar-refractivity contribution in [3.05, 3.63) is 53.1 Å². The van der Waals surface area contributed by atoms with Crippen molar-refractivity contribution >= 4 is 41.2 Å². The minimum absolute atomic E-state index is 0.179. The van der Waals surface area contributed by atoms with Gasteiger partial charge in [0.2, 0.25) is 0 Å². The molecule has 0 saturated carbocycles. The van der Waals surface area contributed by atoms with Gasteiger partial charge in [0.1, 0.15) is 0 Å². The SMILES string of the molecule is CCOc1cc(/C=N\NC(=O)C(=O)NCCOC)cc(Cl)c1OCC(=O)Nc1ccccc1. The van der Waals surface area contributed by atoms with Gasteiger partial charge in [-0.3, -0.25) is 14.4 Å². The molecule has 0 fully saturated rings. The first-order valence-corrected chi connectivity index (χ1v) is 10.4.